The average molecular weight is 423 g/mol. The molecule has 7 heteroatoms. The number of alkyl halides is 1. The third-order valence-corrected chi connectivity index (χ3v) is 5.30. The molecule has 1 atom stereocenters. The summed E-state index contributed by atoms with van der Waals surface area (Å²) >= 11 is 7.61. The van der Waals surface area contributed by atoms with E-state index in [0.29, 0.717) is 32.7 Å². The lowest BCUT2D eigenvalue weighted by molar-refractivity contribution is -0.141. The Hall–Kier alpha value is -1.89. The molecule has 0 aliphatic rings. The topological polar surface area (TPSA) is 49.9 Å². The van der Waals surface area contributed by atoms with Crippen LogP contribution in [-0.4, -0.2) is 53.8 Å². The first kappa shape index (κ1) is 22.4. The van der Waals surface area contributed by atoms with Gasteiger partial charge in [0, 0.05) is 31.7 Å². The number of amides is 2. The second-order valence-electron chi connectivity index (χ2n) is 6.54. The van der Waals surface area contributed by atoms with E-state index in [4.69, 9.17) is 16.3 Å². The number of carbonyl (C=O) groups is 2. The van der Waals surface area contributed by atoms with Crippen LogP contribution in [0, 0.1) is 0 Å². The van der Waals surface area contributed by atoms with Crippen molar-refractivity contribution in [2.24, 2.45) is 0 Å². The van der Waals surface area contributed by atoms with Crippen LogP contribution >= 0.6 is 22.9 Å². The molecule has 0 saturated carbocycles. The number of methoxy groups -OCH3 is 1. The summed E-state index contributed by atoms with van der Waals surface area (Å²) in [6.07, 6.45) is 0.655. The summed E-state index contributed by atoms with van der Waals surface area (Å²) in [6, 6.07) is 13.8. The second kappa shape index (κ2) is 11.8. The zero-order valence-corrected chi connectivity index (χ0v) is 17.9. The molecule has 0 fully saturated rings. The quantitative estimate of drug-likeness (QED) is 0.409. The summed E-state index contributed by atoms with van der Waals surface area (Å²) in [7, 11) is 1.62. The van der Waals surface area contributed by atoms with Crippen LogP contribution < -0.4 is 0 Å². The third-order valence-electron chi connectivity index (χ3n) is 4.25. The molecule has 2 rings (SSSR count). The first-order valence-corrected chi connectivity index (χ1v) is 10.6. The lowest BCUT2D eigenvalue weighted by Crippen LogP contribution is -2.45. The van der Waals surface area contributed by atoms with Gasteiger partial charge in [-0.25, -0.2) is 0 Å². The fourth-order valence-corrected chi connectivity index (χ4v) is 3.67. The molecule has 0 radical (unpaired) electrons. The molecule has 152 valence electrons. The number of rotatable bonds is 11. The summed E-state index contributed by atoms with van der Waals surface area (Å²) < 4.78 is 5.07. The molecular formula is C21H27ClN2O3S. The Morgan fingerprint density at radius 2 is 1.86 bits per heavy atom. The number of benzene rings is 1. The first-order chi connectivity index (χ1) is 13.5. The minimum absolute atomic E-state index is 0.0117. The molecule has 2 amide bonds. The van der Waals surface area contributed by atoms with Gasteiger partial charge in [0.15, 0.2) is 0 Å². The van der Waals surface area contributed by atoms with E-state index in [9.17, 15) is 9.59 Å². The van der Waals surface area contributed by atoms with Gasteiger partial charge in [-0.15, -0.1) is 22.9 Å². The van der Waals surface area contributed by atoms with Crippen molar-refractivity contribution in [3.8, 4) is 0 Å². The maximum absolute atomic E-state index is 13.1. The standard InChI is InChI=1S/C21H27ClN2O3S/c1-17(22)21(26)23(11-7-12-27-2)16-20(25)24(15-19-10-6-13-28-19)14-18-8-4-3-5-9-18/h3-6,8-10,13,17H,7,11-12,14-16H2,1-2H3/t17-/m1/s1. The van der Waals surface area contributed by atoms with Crippen molar-refractivity contribution in [2.45, 2.75) is 31.8 Å². The van der Waals surface area contributed by atoms with E-state index in [1.165, 1.54) is 4.90 Å². The minimum atomic E-state index is -0.671. The van der Waals surface area contributed by atoms with Crippen LogP contribution in [0.3, 0.4) is 0 Å². The van der Waals surface area contributed by atoms with Gasteiger partial charge in [0.2, 0.25) is 11.8 Å². The highest BCUT2D eigenvalue weighted by Gasteiger charge is 2.24. The Morgan fingerprint density at radius 1 is 1.11 bits per heavy atom. The van der Waals surface area contributed by atoms with Crippen LogP contribution in [0.5, 0.6) is 0 Å². The molecule has 0 saturated heterocycles. The summed E-state index contributed by atoms with van der Waals surface area (Å²) in [6.45, 7) is 3.62. The summed E-state index contributed by atoms with van der Waals surface area (Å²) in [4.78, 5) is 30.0. The molecule has 0 unspecified atom stereocenters. The molecule has 1 aromatic heterocycles. The largest absolute Gasteiger partial charge is 0.385 e. The third kappa shape index (κ3) is 7.26. The highest BCUT2D eigenvalue weighted by molar-refractivity contribution is 7.09. The van der Waals surface area contributed by atoms with E-state index in [1.807, 2.05) is 47.8 Å². The SMILES string of the molecule is COCCCN(CC(=O)N(Cc1ccccc1)Cc1cccs1)C(=O)[C@@H](C)Cl. The molecule has 1 heterocycles. The number of halogens is 1. The predicted molar refractivity (Wildman–Crippen MR) is 113 cm³/mol. The highest BCUT2D eigenvalue weighted by atomic mass is 35.5. The van der Waals surface area contributed by atoms with Gasteiger partial charge in [0.1, 0.15) is 5.38 Å². The van der Waals surface area contributed by atoms with Gasteiger partial charge in [0.25, 0.3) is 0 Å². The molecule has 0 aliphatic carbocycles. The highest BCUT2D eigenvalue weighted by Crippen LogP contribution is 2.15. The van der Waals surface area contributed by atoms with Gasteiger partial charge >= 0.3 is 0 Å². The van der Waals surface area contributed by atoms with Gasteiger partial charge in [-0.1, -0.05) is 36.4 Å². The van der Waals surface area contributed by atoms with E-state index < -0.39 is 5.38 Å². The van der Waals surface area contributed by atoms with Crippen LogP contribution in [0.4, 0.5) is 0 Å². The molecule has 0 bridgehead atoms. The van der Waals surface area contributed by atoms with Crippen molar-refractivity contribution in [3.05, 3.63) is 58.3 Å². The Kier molecular flexibility index (Phi) is 9.47. The van der Waals surface area contributed by atoms with Gasteiger partial charge < -0.3 is 14.5 Å². The van der Waals surface area contributed by atoms with Gasteiger partial charge in [-0.2, -0.15) is 0 Å². The lowest BCUT2D eigenvalue weighted by Gasteiger charge is -2.28. The fraction of sp³-hybridized carbons (Fsp3) is 0.429. The number of thiophene rings is 1. The van der Waals surface area contributed by atoms with Crippen LogP contribution in [0.25, 0.3) is 0 Å². The summed E-state index contributed by atoms with van der Waals surface area (Å²) in [5.41, 5.74) is 1.05. The normalized spacial score (nSPS) is 11.8. The number of hydrogen-bond acceptors (Lipinski definition) is 4. The maximum Gasteiger partial charge on any atom is 0.242 e. The predicted octanol–water partition coefficient (Wildman–Crippen LogP) is 3.77. The Balaban J connectivity index is 2.12. The van der Waals surface area contributed by atoms with Crippen molar-refractivity contribution in [1.82, 2.24) is 9.80 Å². The molecule has 1 aromatic carbocycles. The monoisotopic (exact) mass is 422 g/mol. The van der Waals surface area contributed by atoms with Crippen molar-refractivity contribution >= 4 is 34.8 Å². The summed E-state index contributed by atoms with van der Waals surface area (Å²) in [5.74, 6) is -0.331. The molecule has 0 spiro atoms. The van der Waals surface area contributed by atoms with Crippen molar-refractivity contribution in [2.75, 3.05) is 26.8 Å². The molecule has 0 N–H and O–H groups in total. The first-order valence-electron chi connectivity index (χ1n) is 9.27. The number of ether oxygens (including phenoxy) is 1. The fourth-order valence-electron chi connectivity index (χ4n) is 2.81. The van der Waals surface area contributed by atoms with Crippen LogP contribution in [0.2, 0.25) is 0 Å². The summed E-state index contributed by atoms with van der Waals surface area (Å²) in [5, 5.41) is 1.33. The zero-order valence-electron chi connectivity index (χ0n) is 16.3. The van der Waals surface area contributed by atoms with E-state index in [2.05, 4.69) is 0 Å². The minimum Gasteiger partial charge on any atom is -0.385 e. The zero-order chi connectivity index (χ0) is 20.4. The number of carbonyl (C=O) groups excluding carboxylic acids is 2. The van der Waals surface area contributed by atoms with Crippen LogP contribution in [0.15, 0.2) is 47.8 Å². The second-order valence-corrected chi connectivity index (χ2v) is 8.22. The van der Waals surface area contributed by atoms with E-state index in [1.54, 1.807) is 30.3 Å². The lowest BCUT2D eigenvalue weighted by atomic mass is 10.2. The molecule has 5 nitrogen and oxygen atoms in total. The number of hydrogen-bond donors (Lipinski definition) is 0. The average Bonchev–Trinajstić information content (AvgIpc) is 3.20. The molecule has 28 heavy (non-hydrogen) atoms. The Labute approximate surface area is 175 Å². The van der Waals surface area contributed by atoms with Crippen LogP contribution in [-0.2, 0) is 27.4 Å². The van der Waals surface area contributed by atoms with Crippen LogP contribution in [0.1, 0.15) is 23.8 Å². The Bertz CT molecular complexity index is 723. The van der Waals surface area contributed by atoms with E-state index >= 15 is 0 Å². The van der Waals surface area contributed by atoms with Crippen molar-refractivity contribution in [3.63, 3.8) is 0 Å². The molecular weight excluding hydrogens is 396 g/mol. The van der Waals surface area contributed by atoms with E-state index in [0.717, 1.165) is 10.4 Å². The van der Waals surface area contributed by atoms with E-state index in [-0.39, 0.29) is 18.4 Å². The van der Waals surface area contributed by atoms with Gasteiger partial charge in [0.05, 0.1) is 13.1 Å². The molecule has 2 aromatic rings. The maximum atomic E-state index is 13.1. The smallest absolute Gasteiger partial charge is 0.242 e. The Morgan fingerprint density at radius 3 is 2.46 bits per heavy atom. The van der Waals surface area contributed by atoms with Crippen molar-refractivity contribution < 1.29 is 14.3 Å². The van der Waals surface area contributed by atoms with Crippen molar-refractivity contribution in [1.29, 1.82) is 0 Å². The van der Waals surface area contributed by atoms with Gasteiger partial charge in [-0.05, 0) is 30.4 Å². The number of nitrogens with zero attached hydrogens (tertiary/aromatic N) is 2. The molecule has 0 aliphatic heterocycles. The van der Waals surface area contributed by atoms with Gasteiger partial charge in [-0.3, -0.25) is 9.59 Å².